The van der Waals surface area contributed by atoms with Crippen molar-refractivity contribution < 1.29 is 14.6 Å². The van der Waals surface area contributed by atoms with E-state index in [1.54, 1.807) is 31.4 Å². The van der Waals surface area contributed by atoms with Crippen molar-refractivity contribution in [3.05, 3.63) is 51.4 Å². The van der Waals surface area contributed by atoms with Crippen molar-refractivity contribution in [3.8, 4) is 11.5 Å². The largest absolute Gasteiger partial charge is 0.497 e. The molecule has 1 atom stereocenters. The number of benzene rings is 1. The van der Waals surface area contributed by atoms with Crippen LogP contribution < -0.4 is 15.0 Å². The standard InChI is InChI=1S/C18H20N2O4S/c1-11-12(2)25-17-16(11)18(22)20(10-19-17)8-13(21)9-24-15-6-4-14(23-3)5-7-15/h4-7,10,13,21H,8-9H2,1-3H3/t13-/m1/s1. The Morgan fingerprint density at radius 1 is 1.24 bits per heavy atom. The third-order valence-electron chi connectivity index (χ3n) is 4.07. The van der Waals surface area contributed by atoms with Crippen molar-refractivity contribution >= 4 is 21.6 Å². The lowest BCUT2D eigenvalue weighted by atomic mass is 10.2. The van der Waals surface area contributed by atoms with Gasteiger partial charge in [0, 0.05) is 4.88 Å². The first-order chi connectivity index (χ1) is 12.0. The van der Waals surface area contributed by atoms with E-state index in [2.05, 4.69) is 4.98 Å². The van der Waals surface area contributed by atoms with Crippen LogP contribution >= 0.6 is 11.3 Å². The van der Waals surface area contributed by atoms with Crippen LogP contribution in [0.15, 0.2) is 35.4 Å². The normalized spacial score (nSPS) is 12.3. The number of thiophene rings is 1. The first-order valence-electron chi connectivity index (χ1n) is 7.89. The van der Waals surface area contributed by atoms with E-state index in [1.807, 2.05) is 13.8 Å². The number of aromatic nitrogens is 2. The number of rotatable bonds is 6. The molecule has 3 aromatic rings. The second-order valence-electron chi connectivity index (χ2n) is 5.81. The van der Waals surface area contributed by atoms with Gasteiger partial charge in [0.1, 0.15) is 29.0 Å². The van der Waals surface area contributed by atoms with Gasteiger partial charge in [-0.1, -0.05) is 0 Å². The predicted octanol–water partition coefficient (Wildman–Crippen LogP) is 2.52. The Morgan fingerprint density at radius 2 is 1.92 bits per heavy atom. The highest BCUT2D eigenvalue weighted by molar-refractivity contribution is 7.18. The van der Waals surface area contributed by atoms with Crippen LogP contribution in [0.4, 0.5) is 0 Å². The van der Waals surface area contributed by atoms with Crippen LogP contribution in [0, 0.1) is 13.8 Å². The lowest BCUT2D eigenvalue weighted by molar-refractivity contribution is 0.0914. The van der Waals surface area contributed by atoms with Crippen LogP contribution in [-0.2, 0) is 6.54 Å². The number of ether oxygens (including phenoxy) is 2. The Morgan fingerprint density at radius 3 is 2.60 bits per heavy atom. The van der Waals surface area contributed by atoms with Gasteiger partial charge < -0.3 is 14.6 Å². The summed E-state index contributed by atoms with van der Waals surface area (Å²) in [5.74, 6) is 1.37. The van der Waals surface area contributed by atoms with Gasteiger partial charge in [-0.05, 0) is 43.7 Å². The first-order valence-corrected chi connectivity index (χ1v) is 8.71. The zero-order valence-electron chi connectivity index (χ0n) is 14.4. The summed E-state index contributed by atoms with van der Waals surface area (Å²) in [5.41, 5.74) is 0.825. The summed E-state index contributed by atoms with van der Waals surface area (Å²) in [6, 6.07) is 7.10. The molecule has 2 heterocycles. The molecule has 7 heteroatoms. The summed E-state index contributed by atoms with van der Waals surface area (Å²) in [6.07, 6.45) is 0.662. The van der Waals surface area contributed by atoms with Gasteiger partial charge in [-0.3, -0.25) is 9.36 Å². The number of nitrogens with zero attached hydrogens (tertiary/aromatic N) is 2. The van der Waals surface area contributed by atoms with E-state index in [9.17, 15) is 9.90 Å². The van der Waals surface area contributed by atoms with E-state index in [1.165, 1.54) is 22.2 Å². The molecule has 3 rings (SSSR count). The van der Waals surface area contributed by atoms with E-state index in [4.69, 9.17) is 9.47 Å². The molecule has 1 aromatic carbocycles. The zero-order valence-corrected chi connectivity index (χ0v) is 15.2. The van der Waals surface area contributed by atoms with Crippen molar-refractivity contribution in [1.82, 2.24) is 9.55 Å². The maximum absolute atomic E-state index is 12.6. The fraction of sp³-hybridized carbons (Fsp3) is 0.333. The Kier molecular flexibility index (Phi) is 5.06. The minimum absolute atomic E-state index is 0.0818. The van der Waals surface area contributed by atoms with E-state index >= 15 is 0 Å². The van der Waals surface area contributed by atoms with Crippen LogP contribution in [0.25, 0.3) is 10.2 Å². The highest BCUT2D eigenvalue weighted by Gasteiger charge is 2.14. The summed E-state index contributed by atoms with van der Waals surface area (Å²) in [7, 11) is 1.60. The predicted molar refractivity (Wildman–Crippen MR) is 97.8 cm³/mol. The minimum Gasteiger partial charge on any atom is -0.497 e. The van der Waals surface area contributed by atoms with Gasteiger partial charge in [0.05, 0.1) is 25.4 Å². The van der Waals surface area contributed by atoms with Crippen LogP contribution in [0.5, 0.6) is 11.5 Å². The van der Waals surface area contributed by atoms with E-state index < -0.39 is 6.10 Å². The number of hydrogen-bond donors (Lipinski definition) is 1. The van der Waals surface area contributed by atoms with Gasteiger partial charge in [0.2, 0.25) is 0 Å². The Balaban J connectivity index is 1.69. The van der Waals surface area contributed by atoms with Crippen LogP contribution in [0.1, 0.15) is 10.4 Å². The van der Waals surface area contributed by atoms with Gasteiger partial charge in [0.25, 0.3) is 5.56 Å². The molecule has 6 nitrogen and oxygen atoms in total. The second-order valence-corrected chi connectivity index (χ2v) is 7.01. The quantitative estimate of drug-likeness (QED) is 0.731. The van der Waals surface area contributed by atoms with Crippen LogP contribution in [0.3, 0.4) is 0 Å². The second kappa shape index (κ2) is 7.25. The van der Waals surface area contributed by atoms with Gasteiger partial charge in [0.15, 0.2) is 0 Å². The molecule has 0 amide bonds. The highest BCUT2D eigenvalue weighted by Crippen LogP contribution is 2.25. The Bertz CT molecular complexity index is 931. The fourth-order valence-electron chi connectivity index (χ4n) is 2.54. The van der Waals surface area contributed by atoms with E-state index in [0.29, 0.717) is 11.1 Å². The molecule has 2 aromatic heterocycles. The Hall–Kier alpha value is -2.38. The molecule has 132 valence electrons. The maximum atomic E-state index is 12.6. The van der Waals surface area contributed by atoms with Crippen LogP contribution in [-0.4, -0.2) is 34.5 Å². The maximum Gasteiger partial charge on any atom is 0.262 e. The average Bonchev–Trinajstić information content (AvgIpc) is 2.91. The molecule has 0 aliphatic rings. The molecule has 0 unspecified atom stereocenters. The molecule has 0 radical (unpaired) electrons. The molecule has 0 aliphatic carbocycles. The molecule has 0 bridgehead atoms. The van der Waals surface area contributed by atoms with Crippen LogP contribution in [0.2, 0.25) is 0 Å². The van der Waals surface area contributed by atoms with E-state index in [0.717, 1.165) is 21.0 Å². The van der Waals surface area contributed by atoms with Crippen molar-refractivity contribution in [1.29, 1.82) is 0 Å². The third-order valence-corrected chi connectivity index (χ3v) is 5.18. The van der Waals surface area contributed by atoms with Gasteiger partial charge in [-0.25, -0.2) is 4.98 Å². The molecule has 0 aliphatic heterocycles. The molecule has 25 heavy (non-hydrogen) atoms. The minimum atomic E-state index is -0.820. The SMILES string of the molecule is COc1ccc(OC[C@H](O)Cn2cnc3sc(C)c(C)c3c2=O)cc1. The zero-order chi connectivity index (χ0) is 18.0. The molecule has 0 saturated carbocycles. The topological polar surface area (TPSA) is 73.6 Å². The van der Waals surface area contributed by atoms with Gasteiger partial charge >= 0.3 is 0 Å². The molecular weight excluding hydrogens is 340 g/mol. The van der Waals surface area contributed by atoms with Crippen molar-refractivity contribution in [2.45, 2.75) is 26.5 Å². The lowest BCUT2D eigenvalue weighted by Gasteiger charge is -2.14. The molecular formula is C18H20N2O4S. The van der Waals surface area contributed by atoms with Gasteiger partial charge in [-0.15, -0.1) is 11.3 Å². The number of aliphatic hydroxyl groups is 1. The summed E-state index contributed by atoms with van der Waals surface area (Å²) in [6.45, 7) is 4.11. The smallest absolute Gasteiger partial charge is 0.262 e. The monoisotopic (exact) mass is 360 g/mol. The summed E-state index contributed by atoms with van der Waals surface area (Å²) >= 11 is 1.51. The van der Waals surface area contributed by atoms with Crippen molar-refractivity contribution in [2.24, 2.45) is 0 Å². The number of hydrogen-bond acceptors (Lipinski definition) is 6. The number of aliphatic hydroxyl groups excluding tert-OH is 1. The molecule has 0 saturated heterocycles. The third kappa shape index (κ3) is 3.67. The van der Waals surface area contributed by atoms with Crippen molar-refractivity contribution in [2.75, 3.05) is 13.7 Å². The molecule has 1 N–H and O–H groups in total. The average molecular weight is 360 g/mol. The number of fused-ring (bicyclic) bond motifs is 1. The lowest BCUT2D eigenvalue weighted by Crippen LogP contribution is -2.30. The number of methoxy groups -OCH3 is 1. The molecule has 0 fully saturated rings. The number of aryl methyl sites for hydroxylation is 2. The summed E-state index contributed by atoms with van der Waals surface area (Å²) in [5, 5.41) is 10.8. The summed E-state index contributed by atoms with van der Waals surface area (Å²) < 4.78 is 12.1. The summed E-state index contributed by atoms with van der Waals surface area (Å²) in [4.78, 5) is 18.8. The van der Waals surface area contributed by atoms with Crippen molar-refractivity contribution in [3.63, 3.8) is 0 Å². The highest BCUT2D eigenvalue weighted by atomic mass is 32.1. The Labute approximate surface area is 149 Å². The van der Waals surface area contributed by atoms with Gasteiger partial charge in [-0.2, -0.15) is 0 Å². The van der Waals surface area contributed by atoms with E-state index in [-0.39, 0.29) is 18.7 Å². The molecule has 0 spiro atoms. The first kappa shape index (κ1) is 17.4. The fourth-order valence-corrected chi connectivity index (χ4v) is 3.53.